The Balaban J connectivity index is 1.97. The van der Waals surface area contributed by atoms with E-state index in [2.05, 4.69) is 36.1 Å². The zero-order chi connectivity index (χ0) is 14.5. The first-order valence-corrected chi connectivity index (χ1v) is 6.66. The molecule has 104 valence electrons. The molecule has 0 unspecified atom stereocenters. The molecule has 0 saturated carbocycles. The van der Waals surface area contributed by atoms with Crippen LogP contribution in [0.4, 0.5) is 5.69 Å². The predicted octanol–water partition coefficient (Wildman–Crippen LogP) is 3.37. The predicted molar refractivity (Wildman–Crippen MR) is 81.6 cm³/mol. The van der Waals surface area contributed by atoms with Crippen LogP contribution in [0.1, 0.15) is 21.5 Å². The number of benzene rings is 2. The summed E-state index contributed by atoms with van der Waals surface area (Å²) in [5.41, 5.74) is 3.94. The van der Waals surface area contributed by atoms with Gasteiger partial charge in [-0.1, -0.05) is 29.8 Å². The molecule has 0 bridgehead atoms. The Kier molecular flexibility index (Phi) is 4.41. The Morgan fingerprint density at radius 3 is 2.45 bits per heavy atom. The first-order valence-electron chi connectivity index (χ1n) is 6.66. The smallest absolute Gasteiger partial charge is 0.335 e. The maximum absolute atomic E-state index is 10.8. The summed E-state index contributed by atoms with van der Waals surface area (Å²) in [4.78, 5) is 12.9. The normalized spacial score (nSPS) is 10.3. The highest BCUT2D eigenvalue weighted by Crippen LogP contribution is 2.15. The maximum Gasteiger partial charge on any atom is 0.335 e. The Hall–Kier alpha value is -2.29. The van der Waals surface area contributed by atoms with Crippen LogP contribution >= 0.6 is 0 Å². The van der Waals surface area contributed by atoms with Gasteiger partial charge in [0.2, 0.25) is 0 Å². The van der Waals surface area contributed by atoms with Crippen LogP contribution in [0.3, 0.4) is 0 Å². The second kappa shape index (κ2) is 6.24. The molecule has 0 spiro atoms. The van der Waals surface area contributed by atoms with Crippen LogP contribution in [0.15, 0.2) is 48.5 Å². The van der Waals surface area contributed by atoms with Gasteiger partial charge in [0.15, 0.2) is 0 Å². The third-order valence-corrected chi connectivity index (χ3v) is 3.37. The van der Waals surface area contributed by atoms with E-state index >= 15 is 0 Å². The molecule has 0 fully saturated rings. The lowest BCUT2D eigenvalue weighted by Gasteiger charge is -2.19. The molecule has 3 nitrogen and oxygen atoms in total. The first kappa shape index (κ1) is 14.1. The van der Waals surface area contributed by atoms with Crippen LogP contribution in [-0.4, -0.2) is 24.7 Å². The summed E-state index contributed by atoms with van der Waals surface area (Å²) < 4.78 is 0. The number of likely N-dealkylation sites (N-methyl/N-ethyl adjacent to an activating group) is 1. The highest BCUT2D eigenvalue weighted by Gasteiger charge is 2.05. The molecular formula is C17H19NO2. The van der Waals surface area contributed by atoms with E-state index in [1.165, 1.54) is 11.1 Å². The van der Waals surface area contributed by atoms with Gasteiger partial charge in [0.25, 0.3) is 0 Å². The second-order valence-electron chi connectivity index (χ2n) is 5.01. The highest BCUT2D eigenvalue weighted by molar-refractivity contribution is 5.88. The van der Waals surface area contributed by atoms with Crippen molar-refractivity contribution in [1.29, 1.82) is 0 Å². The summed E-state index contributed by atoms with van der Waals surface area (Å²) in [6.07, 6.45) is 0.971. The lowest BCUT2D eigenvalue weighted by Crippen LogP contribution is -2.20. The molecule has 2 aromatic rings. The van der Waals surface area contributed by atoms with Crippen LogP contribution in [0, 0.1) is 6.92 Å². The largest absolute Gasteiger partial charge is 0.478 e. The molecule has 0 aromatic heterocycles. The van der Waals surface area contributed by atoms with E-state index in [9.17, 15) is 4.79 Å². The highest BCUT2D eigenvalue weighted by atomic mass is 16.4. The van der Waals surface area contributed by atoms with Gasteiger partial charge in [-0.3, -0.25) is 0 Å². The van der Waals surface area contributed by atoms with Gasteiger partial charge in [0.05, 0.1) is 5.56 Å². The van der Waals surface area contributed by atoms with Gasteiger partial charge in [-0.2, -0.15) is 0 Å². The van der Waals surface area contributed by atoms with Gasteiger partial charge in [0.1, 0.15) is 0 Å². The number of carboxylic acid groups (broad SMARTS) is 1. The van der Waals surface area contributed by atoms with Crippen molar-refractivity contribution in [3.05, 3.63) is 65.2 Å². The van der Waals surface area contributed by atoms with Gasteiger partial charge < -0.3 is 10.0 Å². The molecule has 0 amide bonds. The Morgan fingerprint density at radius 1 is 1.15 bits per heavy atom. The van der Waals surface area contributed by atoms with E-state index in [0.717, 1.165) is 18.7 Å². The number of hydrogen-bond donors (Lipinski definition) is 1. The van der Waals surface area contributed by atoms with Crippen molar-refractivity contribution in [3.8, 4) is 0 Å². The zero-order valence-electron chi connectivity index (χ0n) is 11.8. The topological polar surface area (TPSA) is 40.5 Å². The summed E-state index contributed by atoms with van der Waals surface area (Å²) in [5.74, 6) is -0.890. The molecule has 1 N–H and O–H groups in total. The number of rotatable bonds is 5. The van der Waals surface area contributed by atoms with Gasteiger partial charge in [0, 0.05) is 19.3 Å². The number of carbonyl (C=O) groups is 1. The van der Waals surface area contributed by atoms with E-state index in [1.54, 1.807) is 12.1 Å². The van der Waals surface area contributed by atoms with Crippen molar-refractivity contribution in [1.82, 2.24) is 0 Å². The monoisotopic (exact) mass is 269 g/mol. The minimum absolute atomic E-state index is 0.320. The molecule has 0 aliphatic heterocycles. The number of carboxylic acids is 1. The number of nitrogens with zero attached hydrogens (tertiary/aromatic N) is 1. The molecule has 2 rings (SSSR count). The average Bonchev–Trinajstić information content (AvgIpc) is 2.45. The van der Waals surface area contributed by atoms with Crippen molar-refractivity contribution in [2.45, 2.75) is 13.3 Å². The molecule has 0 radical (unpaired) electrons. The fourth-order valence-corrected chi connectivity index (χ4v) is 2.15. The number of anilines is 1. The fraction of sp³-hybridized carbons (Fsp3) is 0.235. The van der Waals surface area contributed by atoms with Gasteiger partial charge in [-0.05, 0) is 43.2 Å². The summed E-state index contributed by atoms with van der Waals surface area (Å²) in [7, 11) is 2.02. The Bertz CT molecular complexity index is 590. The minimum atomic E-state index is -0.890. The molecule has 0 heterocycles. The van der Waals surface area contributed by atoms with Crippen molar-refractivity contribution >= 4 is 11.7 Å². The maximum atomic E-state index is 10.8. The second-order valence-corrected chi connectivity index (χ2v) is 5.01. The molecule has 2 aromatic carbocycles. The zero-order valence-corrected chi connectivity index (χ0v) is 11.8. The number of hydrogen-bond acceptors (Lipinski definition) is 2. The van der Waals surface area contributed by atoms with Gasteiger partial charge in [-0.25, -0.2) is 4.79 Å². The van der Waals surface area contributed by atoms with Crippen molar-refractivity contribution < 1.29 is 9.90 Å². The summed E-state index contributed by atoms with van der Waals surface area (Å²) in [6, 6.07) is 15.5. The van der Waals surface area contributed by atoms with Crippen LogP contribution in [0.5, 0.6) is 0 Å². The van der Waals surface area contributed by atoms with E-state index in [4.69, 9.17) is 5.11 Å². The third kappa shape index (κ3) is 3.60. The van der Waals surface area contributed by atoms with E-state index in [1.807, 2.05) is 19.2 Å². The van der Waals surface area contributed by atoms with Gasteiger partial charge in [-0.15, -0.1) is 0 Å². The first-order chi connectivity index (χ1) is 9.56. The summed E-state index contributed by atoms with van der Waals surface area (Å²) >= 11 is 0. The minimum Gasteiger partial charge on any atom is -0.478 e. The van der Waals surface area contributed by atoms with Crippen LogP contribution in [0.2, 0.25) is 0 Å². The third-order valence-electron chi connectivity index (χ3n) is 3.37. The standard InChI is InChI=1S/C17H19NO2/c1-13-4-3-5-14(12-13)10-11-18(2)16-8-6-15(7-9-16)17(19)20/h3-9,12H,10-11H2,1-2H3,(H,19,20). The Labute approximate surface area is 119 Å². The Morgan fingerprint density at radius 2 is 1.85 bits per heavy atom. The van der Waals surface area contributed by atoms with Gasteiger partial charge >= 0.3 is 5.97 Å². The van der Waals surface area contributed by atoms with E-state index in [-0.39, 0.29) is 0 Å². The van der Waals surface area contributed by atoms with Crippen LogP contribution in [-0.2, 0) is 6.42 Å². The summed E-state index contributed by atoms with van der Waals surface area (Å²) in [5, 5.41) is 8.88. The number of aromatic carboxylic acids is 1. The van der Waals surface area contributed by atoms with Crippen molar-refractivity contribution in [2.75, 3.05) is 18.5 Å². The lowest BCUT2D eigenvalue weighted by molar-refractivity contribution is 0.0697. The molecule has 0 aliphatic rings. The lowest BCUT2D eigenvalue weighted by atomic mass is 10.1. The van der Waals surface area contributed by atoms with Crippen molar-refractivity contribution in [3.63, 3.8) is 0 Å². The van der Waals surface area contributed by atoms with E-state index in [0.29, 0.717) is 5.56 Å². The molecule has 20 heavy (non-hydrogen) atoms. The fourth-order valence-electron chi connectivity index (χ4n) is 2.15. The SMILES string of the molecule is Cc1cccc(CCN(C)c2ccc(C(=O)O)cc2)c1. The molecule has 0 atom stereocenters. The molecule has 3 heteroatoms. The van der Waals surface area contributed by atoms with Crippen LogP contribution in [0.25, 0.3) is 0 Å². The van der Waals surface area contributed by atoms with E-state index < -0.39 is 5.97 Å². The van der Waals surface area contributed by atoms with Crippen LogP contribution < -0.4 is 4.90 Å². The number of aryl methyl sites for hydroxylation is 1. The average molecular weight is 269 g/mol. The van der Waals surface area contributed by atoms with Crippen molar-refractivity contribution in [2.24, 2.45) is 0 Å². The molecular weight excluding hydrogens is 250 g/mol. The molecule has 0 aliphatic carbocycles. The molecule has 0 saturated heterocycles. The quantitative estimate of drug-likeness (QED) is 0.904. The summed E-state index contributed by atoms with van der Waals surface area (Å²) in [6.45, 7) is 2.99.